The summed E-state index contributed by atoms with van der Waals surface area (Å²) in [5.41, 5.74) is 6.05. The van der Waals surface area contributed by atoms with E-state index in [1.165, 1.54) is 21.6 Å². The molecule has 2 heterocycles. The lowest BCUT2D eigenvalue weighted by Crippen LogP contribution is -1.85. The number of nitrogens with zero attached hydrogens (tertiary/aromatic N) is 2. The molecule has 0 radical (unpaired) electrons. The van der Waals surface area contributed by atoms with E-state index in [2.05, 4.69) is 67.9 Å². The Morgan fingerprint density at radius 3 is 2.75 bits per heavy atom. The van der Waals surface area contributed by atoms with Gasteiger partial charge in [0.25, 0.3) is 0 Å². The van der Waals surface area contributed by atoms with Gasteiger partial charge in [0.1, 0.15) is 5.65 Å². The predicted molar refractivity (Wildman–Crippen MR) is 85.4 cm³/mol. The quantitative estimate of drug-likeness (QED) is 0.656. The second kappa shape index (κ2) is 5.33. The van der Waals surface area contributed by atoms with Crippen molar-refractivity contribution in [2.45, 2.75) is 31.4 Å². The van der Waals surface area contributed by atoms with Crippen LogP contribution in [0, 0.1) is 20.8 Å². The van der Waals surface area contributed by atoms with Crippen LogP contribution in [0.2, 0.25) is 0 Å². The van der Waals surface area contributed by atoms with Crippen LogP contribution in [0.15, 0.2) is 47.6 Å². The average Bonchev–Trinajstić information content (AvgIpc) is 2.84. The first-order chi connectivity index (χ1) is 9.63. The van der Waals surface area contributed by atoms with E-state index in [1.807, 2.05) is 11.8 Å². The van der Waals surface area contributed by atoms with E-state index in [1.54, 1.807) is 0 Å². The van der Waals surface area contributed by atoms with Gasteiger partial charge in [0.05, 0.1) is 5.69 Å². The first-order valence-electron chi connectivity index (χ1n) is 6.77. The highest BCUT2D eigenvalue weighted by Crippen LogP contribution is 2.27. The zero-order valence-electron chi connectivity index (χ0n) is 12.1. The summed E-state index contributed by atoms with van der Waals surface area (Å²) in [4.78, 5) is 6.07. The van der Waals surface area contributed by atoms with E-state index in [4.69, 9.17) is 4.98 Å². The van der Waals surface area contributed by atoms with Gasteiger partial charge in [0.15, 0.2) is 0 Å². The van der Waals surface area contributed by atoms with E-state index in [0.29, 0.717) is 0 Å². The predicted octanol–water partition coefficient (Wildman–Crippen LogP) is 4.55. The maximum Gasteiger partial charge on any atom is 0.139 e. The first-order valence-corrected chi connectivity index (χ1v) is 7.75. The highest BCUT2D eigenvalue weighted by molar-refractivity contribution is 7.98. The number of benzene rings is 1. The van der Waals surface area contributed by atoms with Crippen LogP contribution in [-0.4, -0.2) is 9.38 Å². The summed E-state index contributed by atoms with van der Waals surface area (Å²) in [5.74, 6) is 0.908. The summed E-state index contributed by atoms with van der Waals surface area (Å²) in [6.45, 7) is 6.40. The van der Waals surface area contributed by atoms with Gasteiger partial charge in [-0.15, -0.1) is 11.8 Å². The Morgan fingerprint density at radius 2 is 1.95 bits per heavy atom. The molecule has 0 saturated heterocycles. The Labute approximate surface area is 123 Å². The Hall–Kier alpha value is -1.74. The lowest BCUT2D eigenvalue weighted by molar-refractivity contribution is 1.16. The third-order valence-electron chi connectivity index (χ3n) is 3.45. The Kier molecular flexibility index (Phi) is 3.53. The van der Waals surface area contributed by atoms with Crippen LogP contribution in [0.1, 0.15) is 22.4 Å². The molecule has 3 rings (SSSR count). The van der Waals surface area contributed by atoms with Gasteiger partial charge in [-0.3, -0.25) is 0 Å². The molecule has 0 unspecified atom stereocenters. The topological polar surface area (TPSA) is 17.3 Å². The van der Waals surface area contributed by atoms with E-state index in [9.17, 15) is 0 Å². The second-order valence-electron chi connectivity index (χ2n) is 5.21. The first kappa shape index (κ1) is 13.3. The minimum absolute atomic E-state index is 0.908. The minimum Gasteiger partial charge on any atom is -0.307 e. The van der Waals surface area contributed by atoms with E-state index in [-0.39, 0.29) is 0 Å². The van der Waals surface area contributed by atoms with E-state index in [0.717, 1.165) is 17.1 Å². The van der Waals surface area contributed by atoms with Gasteiger partial charge in [0.2, 0.25) is 0 Å². The molecule has 0 aliphatic carbocycles. The van der Waals surface area contributed by atoms with Crippen molar-refractivity contribution in [3.8, 4) is 0 Å². The summed E-state index contributed by atoms with van der Waals surface area (Å²) in [6, 6.07) is 10.8. The second-order valence-corrected chi connectivity index (χ2v) is 6.23. The monoisotopic (exact) mass is 282 g/mol. The van der Waals surface area contributed by atoms with Crippen LogP contribution >= 0.6 is 11.8 Å². The maximum atomic E-state index is 4.72. The normalized spacial score (nSPS) is 11.2. The number of fused-ring (bicyclic) bond motifs is 1. The number of hydrogen-bond acceptors (Lipinski definition) is 2. The fourth-order valence-corrected chi connectivity index (χ4v) is 3.30. The van der Waals surface area contributed by atoms with E-state index >= 15 is 0 Å². The fourth-order valence-electron chi connectivity index (χ4n) is 2.29. The van der Waals surface area contributed by atoms with Gasteiger partial charge < -0.3 is 4.40 Å². The van der Waals surface area contributed by atoms with Crippen LogP contribution < -0.4 is 0 Å². The van der Waals surface area contributed by atoms with Gasteiger partial charge in [-0.05, 0) is 44.0 Å². The van der Waals surface area contributed by atoms with Crippen LogP contribution in [0.4, 0.5) is 0 Å². The maximum absolute atomic E-state index is 4.72. The molecule has 0 spiro atoms. The Bertz CT molecular complexity index is 759. The van der Waals surface area contributed by atoms with Crippen LogP contribution in [0.5, 0.6) is 0 Å². The highest BCUT2D eigenvalue weighted by atomic mass is 32.2. The van der Waals surface area contributed by atoms with Crippen molar-refractivity contribution < 1.29 is 0 Å². The summed E-state index contributed by atoms with van der Waals surface area (Å²) < 4.78 is 2.11. The lowest BCUT2D eigenvalue weighted by atomic mass is 10.2. The Morgan fingerprint density at radius 1 is 1.10 bits per heavy atom. The number of aromatic nitrogens is 2. The van der Waals surface area contributed by atoms with Crippen LogP contribution in [0.25, 0.3) is 5.65 Å². The molecule has 0 amide bonds. The zero-order valence-corrected chi connectivity index (χ0v) is 12.9. The summed E-state index contributed by atoms with van der Waals surface area (Å²) >= 11 is 1.86. The molecule has 0 saturated carbocycles. The number of hydrogen-bond donors (Lipinski definition) is 0. The fraction of sp³-hybridized carbons (Fsp3) is 0.235. The molecule has 0 bridgehead atoms. The summed E-state index contributed by atoms with van der Waals surface area (Å²) in [5, 5.41) is 0. The molecule has 2 aromatic heterocycles. The highest BCUT2D eigenvalue weighted by Gasteiger charge is 2.06. The van der Waals surface area contributed by atoms with Crippen LogP contribution in [0.3, 0.4) is 0 Å². The van der Waals surface area contributed by atoms with Crippen LogP contribution in [-0.2, 0) is 5.75 Å². The smallest absolute Gasteiger partial charge is 0.139 e. The molecule has 20 heavy (non-hydrogen) atoms. The molecule has 2 nitrogen and oxygen atoms in total. The van der Waals surface area contributed by atoms with Crippen molar-refractivity contribution >= 4 is 17.4 Å². The number of aryl methyl sites for hydroxylation is 3. The van der Waals surface area contributed by atoms with E-state index < -0.39 is 0 Å². The van der Waals surface area contributed by atoms with Gasteiger partial charge in [0, 0.05) is 23.0 Å². The molecule has 0 atom stereocenters. The molecular formula is C17H18N2S. The number of rotatable bonds is 3. The number of imidazole rings is 1. The third kappa shape index (κ3) is 2.59. The van der Waals surface area contributed by atoms with Crippen molar-refractivity contribution in [2.75, 3.05) is 0 Å². The lowest BCUT2D eigenvalue weighted by Gasteiger charge is -2.05. The molecule has 3 heteroatoms. The minimum atomic E-state index is 0.908. The van der Waals surface area contributed by atoms with Crippen molar-refractivity contribution in [1.29, 1.82) is 0 Å². The standard InChI is InChI=1S/C17H18N2S/c1-12-6-7-13(2)16(9-12)20-11-15-10-19-8-4-5-14(3)17(19)18-15/h4-10H,11H2,1-3H3. The molecular weight excluding hydrogens is 264 g/mol. The summed E-state index contributed by atoms with van der Waals surface area (Å²) in [7, 11) is 0. The molecule has 0 aliphatic heterocycles. The molecule has 102 valence electrons. The summed E-state index contributed by atoms with van der Waals surface area (Å²) in [6.07, 6.45) is 4.18. The molecule has 0 fully saturated rings. The third-order valence-corrected chi connectivity index (χ3v) is 4.64. The molecule has 0 N–H and O–H groups in total. The van der Waals surface area contributed by atoms with Gasteiger partial charge >= 0.3 is 0 Å². The van der Waals surface area contributed by atoms with Crippen molar-refractivity contribution in [1.82, 2.24) is 9.38 Å². The van der Waals surface area contributed by atoms with Crippen molar-refractivity contribution in [3.63, 3.8) is 0 Å². The largest absolute Gasteiger partial charge is 0.307 e. The van der Waals surface area contributed by atoms with Crippen molar-refractivity contribution in [2.24, 2.45) is 0 Å². The molecule has 3 aromatic rings. The Balaban J connectivity index is 1.83. The zero-order chi connectivity index (χ0) is 14.1. The SMILES string of the molecule is Cc1ccc(C)c(SCc2cn3cccc(C)c3n2)c1. The van der Waals surface area contributed by atoms with Gasteiger partial charge in [-0.25, -0.2) is 4.98 Å². The number of thioether (sulfide) groups is 1. The average molecular weight is 282 g/mol. The molecule has 1 aromatic carbocycles. The van der Waals surface area contributed by atoms with Crippen molar-refractivity contribution in [3.05, 3.63) is 65.1 Å². The molecule has 0 aliphatic rings. The number of pyridine rings is 1. The van der Waals surface area contributed by atoms with Gasteiger partial charge in [-0.1, -0.05) is 23.8 Å². The van der Waals surface area contributed by atoms with Gasteiger partial charge in [-0.2, -0.15) is 0 Å².